The Morgan fingerprint density at radius 3 is 2.20 bits per heavy atom. The molecule has 0 unspecified atom stereocenters. The van der Waals surface area contributed by atoms with E-state index in [4.69, 9.17) is 4.52 Å². The molecular formula is C14H18N2O3S. The largest absolute Gasteiger partial charge is 0.361 e. The van der Waals surface area contributed by atoms with Crippen molar-refractivity contribution in [3.63, 3.8) is 0 Å². The van der Waals surface area contributed by atoms with Crippen molar-refractivity contribution in [3.05, 3.63) is 46.3 Å². The summed E-state index contributed by atoms with van der Waals surface area (Å²) in [6.07, 6.45) is 0. The second kappa shape index (κ2) is 5.38. The lowest BCUT2D eigenvalue weighted by molar-refractivity contribution is 0.390. The Kier molecular flexibility index (Phi) is 3.96. The molecule has 20 heavy (non-hydrogen) atoms. The number of sulfonamides is 1. The van der Waals surface area contributed by atoms with Crippen LogP contribution in [0, 0.1) is 27.7 Å². The first-order chi connectivity index (χ1) is 9.29. The maximum Gasteiger partial charge on any atom is 0.241 e. The Morgan fingerprint density at radius 1 is 1.10 bits per heavy atom. The summed E-state index contributed by atoms with van der Waals surface area (Å²) in [5.74, 6) is 0.655. The van der Waals surface area contributed by atoms with E-state index in [1.165, 1.54) is 0 Å². The zero-order valence-electron chi connectivity index (χ0n) is 12.0. The molecule has 0 bridgehead atoms. The average molecular weight is 294 g/mol. The molecule has 0 atom stereocenters. The van der Waals surface area contributed by atoms with E-state index in [9.17, 15) is 8.42 Å². The Labute approximate surface area is 119 Å². The van der Waals surface area contributed by atoms with Gasteiger partial charge in [0, 0.05) is 6.07 Å². The van der Waals surface area contributed by atoms with Gasteiger partial charge in [0.1, 0.15) is 5.76 Å². The third kappa shape index (κ3) is 3.08. The van der Waals surface area contributed by atoms with Crippen LogP contribution in [0.1, 0.15) is 28.1 Å². The smallest absolute Gasteiger partial charge is 0.241 e. The first-order valence-corrected chi connectivity index (χ1v) is 7.77. The zero-order chi connectivity index (χ0) is 14.9. The molecule has 0 fully saturated rings. The fraction of sp³-hybridized carbons (Fsp3) is 0.357. The normalized spacial score (nSPS) is 11.8. The number of aromatic nitrogens is 1. The molecule has 108 valence electrons. The second-order valence-electron chi connectivity index (χ2n) is 4.98. The maximum absolute atomic E-state index is 12.4. The summed E-state index contributed by atoms with van der Waals surface area (Å²) < 4.78 is 32.3. The van der Waals surface area contributed by atoms with Crippen LogP contribution in [-0.2, 0) is 16.6 Å². The van der Waals surface area contributed by atoms with Gasteiger partial charge in [0.2, 0.25) is 10.0 Å². The van der Waals surface area contributed by atoms with Crippen LogP contribution in [0.3, 0.4) is 0 Å². The van der Waals surface area contributed by atoms with E-state index in [1.807, 2.05) is 19.1 Å². The van der Waals surface area contributed by atoms with Gasteiger partial charge in [-0.3, -0.25) is 0 Å². The van der Waals surface area contributed by atoms with Crippen LogP contribution in [0.4, 0.5) is 0 Å². The van der Waals surface area contributed by atoms with Gasteiger partial charge in [-0.1, -0.05) is 22.9 Å². The van der Waals surface area contributed by atoms with Crippen molar-refractivity contribution in [3.8, 4) is 0 Å². The van der Waals surface area contributed by atoms with Gasteiger partial charge in [0.05, 0.1) is 17.1 Å². The minimum atomic E-state index is -3.56. The van der Waals surface area contributed by atoms with Gasteiger partial charge >= 0.3 is 0 Å². The Balaban J connectivity index is 2.27. The highest BCUT2D eigenvalue weighted by atomic mass is 32.2. The lowest BCUT2D eigenvalue weighted by Gasteiger charge is -2.12. The van der Waals surface area contributed by atoms with Crippen LogP contribution in [0.25, 0.3) is 0 Å². The highest BCUT2D eigenvalue weighted by Gasteiger charge is 2.20. The molecule has 1 heterocycles. The summed E-state index contributed by atoms with van der Waals surface area (Å²) in [6, 6.07) is 5.43. The van der Waals surface area contributed by atoms with Crippen LogP contribution in [-0.4, -0.2) is 13.6 Å². The molecule has 0 aliphatic rings. The van der Waals surface area contributed by atoms with Gasteiger partial charge in [-0.25, -0.2) is 13.1 Å². The van der Waals surface area contributed by atoms with Crippen LogP contribution in [0.5, 0.6) is 0 Å². The molecule has 1 aromatic heterocycles. The summed E-state index contributed by atoms with van der Waals surface area (Å²) in [4.78, 5) is 0.336. The first-order valence-electron chi connectivity index (χ1n) is 6.29. The second-order valence-corrected chi connectivity index (χ2v) is 6.69. The van der Waals surface area contributed by atoms with E-state index >= 15 is 0 Å². The summed E-state index contributed by atoms with van der Waals surface area (Å²) in [5.41, 5.74) is 3.09. The SMILES string of the molecule is Cc1cc(C)c(S(=O)(=O)NCc2cc(C)on2)c(C)c1. The van der Waals surface area contributed by atoms with Crippen molar-refractivity contribution in [2.24, 2.45) is 0 Å². The summed E-state index contributed by atoms with van der Waals surface area (Å²) in [5, 5.41) is 3.77. The number of nitrogens with one attached hydrogen (secondary N) is 1. The van der Waals surface area contributed by atoms with E-state index in [0.29, 0.717) is 16.3 Å². The molecule has 1 aromatic carbocycles. The molecule has 2 aromatic rings. The maximum atomic E-state index is 12.4. The third-order valence-electron chi connectivity index (χ3n) is 2.99. The van der Waals surface area contributed by atoms with Crippen LogP contribution >= 0.6 is 0 Å². The molecule has 0 amide bonds. The average Bonchev–Trinajstić information content (AvgIpc) is 2.71. The topological polar surface area (TPSA) is 72.2 Å². The highest BCUT2D eigenvalue weighted by Crippen LogP contribution is 2.21. The van der Waals surface area contributed by atoms with Gasteiger partial charge in [0.15, 0.2) is 0 Å². The Hall–Kier alpha value is -1.66. The van der Waals surface area contributed by atoms with Crippen molar-refractivity contribution in [1.82, 2.24) is 9.88 Å². The molecule has 1 N–H and O–H groups in total. The summed E-state index contributed by atoms with van der Waals surface area (Å²) in [7, 11) is -3.56. The molecule has 6 heteroatoms. The van der Waals surface area contributed by atoms with E-state index in [-0.39, 0.29) is 6.54 Å². The lowest BCUT2D eigenvalue weighted by atomic mass is 10.1. The van der Waals surface area contributed by atoms with Gasteiger partial charge in [0.25, 0.3) is 0 Å². The quantitative estimate of drug-likeness (QED) is 0.939. The Morgan fingerprint density at radius 2 is 1.70 bits per heavy atom. The fourth-order valence-corrected chi connectivity index (χ4v) is 3.78. The number of aryl methyl sites for hydroxylation is 4. The molecule has 5 nitrogen and oxygen atoms in total. The predicted molar refractivity (Wildman–Crippen MR) is 75.9 cm³/mol. The molecule has 0 spiro atoms. The number of benzene rings is 1. The van der Waals surface area contributed by atoms with Gasteiger partial charge in [-0.05, 0) is 38.8 Å². The zero-order valence-corrected chi connectivity index (χ0v) is 12.8. The lowest BCUT2D eigenvalue weighted by Crippen LogP contribution is -2.25. The van der Waals surface area contributed by atoms with Crippen LogP contribution < -0.4 is 4.72 Å². The molecule has 2 rings (SSSR count). The molecule has 0 radical (unpaired) electrons. The first kappa shape index (κ1) is 14.7. The van der Waals surface area contributed by atoms with Crippen molar-refractivity contribution in [1.29, 1.82) is 0 Å². The number of rotatable bonds is 4. The van der Waals surface area contributed by atoms with E-state index < -0.39 is 10.0 Å². The van der Waals surface area contributed by atoms with Crippen molar-refractivity contribution >= 4 is 10.0 Å². The molecule has 0 aliphatic heterocycles. The minimum Gasteiger partial charge on any atom is -0.361 e. The van der Waals surface area contributed by atoms with E-state index in [0.717, 1.165) is 16.7 Å². The minimum absolute atomic E-state index is 0.117. The van der Waals surface area contributed by atoms with Crippen molar-refractivity contribution < 1.29 is 12.9 Å². The molecular weight excluding hydrogens is 276 g/mol. The predicted octanol–water partition coefficient (Wildman–Crippen LogP) is 2.39. The molecule has 0 saturated carbocycles. The third-order valence-corrected chi connectivity index (χ3v) is 4.70. The van der Waals surface area contributed by atoms with Crippen LogP contribution in [0.15, 0.2) is 27.6 Å². The Bertz CT molecular complexity index is 710. The van der Waals surface area contributed by atoms with Crippen molar-refractivity contribution in [2.75, 3.05) is 0 Å². The van der Waals surface area contributed by atoms with E-state index in [2.05, 4.69) is 9.88 Å². The summed E-state index contributed by atoms with van der Waals surface area (Å²) >= 11 is 0. The fourth-order valence-electron chi connectivity index (χ4n) is 2.33. The van der Waals surface area contributed by atoms with Crippen LogP contribution in [0.2, 0.25) is 0 Å². The van der Waals surface area contributed by atoms with Gasteiger partial charge in [-0.15, -0.1) is 0 Å². The number of nitrogens with zero attached hydrogens (tertiary/aromatic N) is 1. The van der Waals surface area contributed by atoms with Gasteiger partial charge < -0.3 is 4.52 Å². The summed E-state index contributed by atoms with van der Waals surface area (Å²) in [6.45, 7) is 7.43. The van der Waals surface area contributed by atoms with Crippen molar-refractivity contribution in [2.45, 2.75) is 39.1 Å². The standard InChI is InChI=1S/C14H18N2O3S/c1-9-5-10(2)14(11(3)6-9)20(17,18)15-8-13-7-12(4)19-16-13/h5-7,15H,8H2,1-4H3. The van der Waals surface area contributed by atoms with Gasteiger partial charge in [-0.2, -0.15) is 0 Å². The highest BCUT2D eigenvalue weighted by molar-refractivity contribution is 7.89. The monoisotopic (exact) mass is 294 g/mol. The number of hydrogen-bond acceptors (Lipinski definition) is 4. The number of hydrogen-bond donors (Lipinski definition) is 1. The molecule has 0 saturated heterocycles. The molecule has 0 aliphatic carbocycles. The van der Waals surface area contributed by atoms with E-state index in [1.54, 1.807) is 26.8 Å².